The van der Waals surface area contributed by atoms with Gasteiger partial charge in [-0.15, -0.1) is 0 Å². The van der Waals surface area contributed by atoms with E-state index in [9.17, 15) is 8.42 Å². The number of aryl methyl sites for hydroxylation is 1. The Hall–Kier alpha value is -1.60. The molecule has 0 saturated carbocycles. The van der Waals surface area contributed by atoms with Crippen molar-refractivity contribution >= 4 is 15.9 Å². The molecule has 4 N–H and O–H groups in total. The highest BCUT2D eigenvalue weighted by atomic mass is 32.2. The Labute approximate surface area is 93.8 Å². The van der Waals surface area contributed by atoms with Crippen molar-refractivity contribution < 1.29 is 13.6 Å². The summed E-state index contributed by atoms with van der Waals surface area (Å²) in [5.74, 6) is -0.197. The van der Waals surface area contributed by atoms with Gasteiger partial charge in [0.2, 0.25) is 10.0 Å². The van der Waals surface area contributed by atoms with Gasteiger partial charge in [-0.05, 0) is 18.6 Å². The summed E-state index contributed by atoms with van der Waals surface area (Å²) in [7, 11) is -3.62. The Balaban J connectivity index is 2.91. The second-order valence-electron chi connectivity index (χ2n) is 3.18. The van der Waals surface area contributed by atoms with Crippen molar-refractivity contribution in [3.63, 3.8) is 0 Å². The second kappa shape index (κ2) is 4.95. The number of sulfonamides is 1. The van der Waals surface area contributed by atoms with E-state index < -0.39 is 10.0 Å². The minimum absolute atomic E-state index is 0.181. The number of nitrogens with two attached hydrogens (primary N) is 1. The predicted molar refractivity (Wildman–Crippen MR) is 59.8 cm³/mol. The van der Waals surface area contributed by atoms with Crippen molar-refractivity contribution in [3.8, 4) is 0 Å². The van der Waals surface area contributed by atoms with Crippen LogP contribution in [0.3, 0.4) is 0 Å². The number of oxime groups is 1. The molecule has 0 amide bonds. The van der Waals surface area contributed by atoms with Crippen molar-refractivity contribution in [2.45, 2.75) is 11.8 Å². The van der Waals surface area contributed by atoms with Gasteiger partial charge in [0, 0.05) is 0 Å². The van der Waals surface area contributed by atoms with Crippen molar-refractivity contribution in [1.29, 1.82) is 0 Å². The maximum atomic E-state index is 11.8. The van der Waals surface area contributed by atoms with Crippen LogP contribution in [0.15, 0.2) is 34.3 Å². The molecule has 0 bridgehead atoms. The summed E-state index contributed by atoms with van der Waals surface area (Å²) in [6.07, 6.45) is 0. The van der Waals surface area contributed by atoms with E-state index in [1.807, 2.05) is 0 Å². The summed E-state index contributed by atoms with van der Waals surface area (Å²) in [4.78, 5) is 0.181. The molecule has 1 rings (SSSR count). The van der Waals surface area contributed by atoms with Gasteiger partial charge in [0.25, 0.3) is 0 Å². The van der Waals surface area contributed by atoms with E-state index in [2.05, 4.69) is 9.88 Å². The fourth-order valence-corrected chi connectivity index (χ4v) is 2.38. The third-order valence-electron chi connectivity index (χ3n) is 1.95. The van der Waals surface area contributed by atoms with E-state index in [0.29, 0.717) is 5.56 Å². The molecule has 88 valence electrons. The molecule has 7 heteroatoms. The number of amidine groups is 1. The van der Waals surface area contributed by atoms with E-state index in [1.54, 1.807) is 25.1 Å². The van der Waals surface area contributed by atoms with Crippen molar-refractivity contribution in [2.75, 3.05) is 6.54 Å². The molecule has 1 aromatic rings. The minimum atomic E-state index is -3.62. The molecule has 0 spiro atoms. The summed E-state index contributed by atoms with van der Waals surface area (Å²) in [6, 6.07) is 6.56. The van der Waals surface area contributed by atoms with Gasteiger partial charge in [-0.3, -0.25) is 0 Å². The van der Waals surface area contributed by atoms with Gasteiger partial charge in [-0.1, -0.05) is 23.4 Å². The van der Waals surface area contributed by atoms with Crippen LogP contribution in [0.1, 0.15) is 5.56 Å². The van der Waals surface area contributed by atoms with Gasteiger partial charge in [0.05, 0.1) is 11.4 Å². The van der Waals surface area contributed by atoms with Gasteiger partial charge in [0.1, 0.15) is 0 Å². The monoisotopic (exact) mass is 243 g/mol. The van der Waals surface area contributed by atoms with Crippen LogP contribution in [0.5, 0.6) is 0 Å². The number of hydrogen-bond donors (Lipinski definition) is 3. The highest BCUT2D eigenvalue weighted by Gasteiger charge is 2.15. The number of nitrogens with one attached hydrogen (secondary N) is 1. The molecular weight excluding hydrogens is 230 g/mol. The molecule has 0 aliphatic heterocycles. The fraction of sp³-hybridized carbons (Fsp3) is 0.222. The SMILES string of the molecule is Cc1ccccc1S(=O)(=O)NCC(N)=NO. The lowest BCUT2D eigenvalue weighted by molar-refractivity contribution is 0.317. The van der Waals surface area contributed by atoms with Crippen LogP contribution < -0.4 is 10.5 Å². The van der Waals surface area contributed by atoms with E-state index in [1.165, 1.54) is 6.07 Å². The van der Waals surface area contributed by atoms with E-state index >= 15 is 0 Å². The quantitative estimate of drug-likeness (QED) is 0.300. The van der Waals surface area contributed by atoms with Crippen molar-refractivity contribution in [1.82, 2.24) is 4.72 Å². The standard InChI is InChI=1S/C9H13N3O3S/c1-7-4-2-3-5-8(7)16(14,15)11-6-9(10)12-13/h2-5,11,13H,6H2,1H3,(H2,10,12). The largest absolute Gasteiger partial charge is 0.409 e. The molecule has 0 fully saturated rings. The number of benzene rings is 1. The Bertz CT molecular complexity index is 496. The van der Waals surface area contributed by atoms with E-state index in [0.717, 1.165) is 0 Å². The van der Waals surface area contributed by atoms with E-state index in [4.69, 9.17) is 10.9 Å². The van der Waals surface area contributed by atoms with Gasteiger partial charge in [0.15, 0.2) is 5.84 Å². The van der Waals surface area contributed by atoms with Crippen molar-refractivity contribution in [3.05, 3.63) is 29.8 Å². The molecule has 0 aliphatic rings. The molecule has 0 atom stereocenters. The number of hydrogen-bond acceptors (Lipinski definition) is 4. The van der Waals surface area contributed by atoms with Crippen LogP contribution in [0.4, 0.5) is 0 Å². The summed E-state index contributed by atoms with van der Waals surface area (Å²) in [5.41, 5.74) is 5.80. The zero-order valence-corrected chi connectivity index (χ0v) is 9.53. The summed E-state index contributed by atoms with van der Waals surface area (Å²) in [6.45, 7) is 1.46. The summed E-state index contributed by atoms with van der Waals surface area (Å²) < 4.78 is 25.8. The van der Waals surface area contributed by atoms with Crippen LogP contribution in [0, 0.1) is 6.92 Å². The minimum Gasteiger partial charge on any atom is -0.409 e. The third-order valence-corrected chi connectivity index (χ3v) is 3.52. The Kier molecular flexibility index (Phi) is 3.86. The Morgan fingerprint density at radius 1 is 1.50 bits per heavy atom. The first-order valence-corrected chi connectivity index (χ1v) is 5.97. The topological polar surface area (TPSA) is 105 Å². The number of nitrogens with zero attached hydrogens (tertiary/aromatic N) is 1. The van der Waals surface area contributed by atoms with Gasteiger partial charge < -0.3 is 10.9 Å². The lowest BCUT2D eigenvalue weighted by Crippen LogP contribution is -2.33. The Morgan fingerprint density at radius 3 is 2.69 bits per heavy atom. The fourth-order valence-electron chi connectivity index (χ4n) is 1.14. The molecule has 0 aliphatic carbocycles. The third kappa shape index (κ3) is 2.94. The number of rotatable bonds is 4. The van der Waals surface area contributed by atoms with Crippen LogP contribution >= 0.6 is 0 Å². The van der Waals surface area contributed by atoms with Crippen LogP contribution in [-0.4, -0.2) is 26.0 Å². The lowest BCUT2D eigenvalue weighted by Gasteiger charge is -2.07. The first-order chi connectivity index (χ1) is 7.47. The highest BCUT2D eigenvalue weighted by molar-refractivity contribution is 7.89. The molecular formula is C9H13N3O3S. The zero-order chi connectivity index (χ0) is 12.2. The van der Waals surface area contributed by atoms with Crippen LogP contribution in [0.25, 0.3) is 0 Å². The second-order valence-corrected chi connectivity index (χ2v) is 4.92. The average molecular weight is 243 g/mol. The highest BCUT2D eigenvalue weighted by Crippen LogP contribution is 2.13. The smallest absolute Gasteiger partial charge is 0.241 e. The van der Waals surface area contributed by atoms with Gasteiger partial charge >= 0.3 is 0 Å². The molecule has 16 heavy (non-hydrogen) atoms. The Morgan fingerprint density at radius 2 is 2.12 bits per heavy atom. The van der Waals surface area contributed by atoms with Crippen LogP contribution in [-0.2, 0) is 10.0 Å². The molecule has 0 saturated heterocycles. The van der Waals surface area contributed by atoms with Gasteiger partial charge in [-0.2, -0.15) is 0 Å². The van der Waals surface area contributed by atoms with E-state index in [-0.39, 0.29) is 17.3 Å². The summed E-state index contributed by atoms with van der Waals surface area (Å²) >= 11 is 0. The molecule has 0 radical (unpaired) electrons. The van der Waals surface area contributed by atoms with Crippen LogP contribution in [0.2, 0.25) is 0 Å². The molecule has 0 unspecified atom stereocenters. The average Bonchev–Trinajstić information content (AvgIpc) is 2.26. The molecule has 0 heterocycles. The summed E-state index contributed by atoms with van der Waals surface area (Å²) in [5, 5.41) is 11.0. The zero-order valence-electron chi connectivity index (χ0n) is 8.71. The predicted octanol–water partition coefficient (Wildman–Crippen LogP) is 0.0197. The first kappa shape index (κ1) is 12.5. The maximum Gasteiger partial charge on any atom is 0.241 e. The molecule has 0 aromatic heterocycles. The molecule has 6 nitrogen and oxygen atoms in total. The molecule has 1 aromatic carbocycles. The first-order valence-electron chi connectivity index (χ1n) is 4.49. The van der Waals surface area contributed by atoms with Gasteiger partial charge in [-0.25, -0.2) is 13.1 Å². The maximum absolute atomic E-state index is 11.8. The normalized spacial score (nSPS) is 12.7. The lowest BCUT2D eigenvalue weighted by atomic mass is 10.2. The van der Waals surface area contributed by atoms with Crippen molar-refractivity contribution in [2.24, 2.45) is 10.9 Å².